The third-order valence-electron chi connectivity index (χ3n) is 4.78. The summed E-state index contributed by atoms with van der Waals surface area (Å²) in [6.45, 7) is 10.0. The molecule has 1 N–H and O–H groups in total. The van der Waals surface area contributed by atoms with Crippen LogP contribution in [0.4, 0.5) is 4.79 Å². The first kappa shape index (κ1) is 17.7. The number of rotatable bonds is 6. The van der Waals surface area contributed by atoms with Crippen LogP contribution in [-0.4, -0.2) is 53.5 Å². The molecule has 0 radical (unpaired) electrons. The van der Waals surface area contributed by atoms with Gasteiger partial charge in [-0.2, -0.15) is 0 Å². The third kappa shape index (κ3) is 5.20. The normalized spacial score (nSPS) is 16.3. The molecule has 5 heteroatoms. The van der Waals surface area contributed by atoms with Crippen LogP contribution >= 0.6 is 0 Å². The Labute approximate surface area is 140 Å². The average Bonchev–Trinajstić information content (AvgIpc) is 3.05. The second kappa shape index (κ2) is 8.29. The molecule has 23 heavy (non-hydrogen) atoms. The maximum atomic E-state index is 12.2. The minimum absolute atomic E-state index is 0.0152. The SMILES string of the molecule is Cc1cc(C)c(CNC(=O)N(C)CCC(C)N2CCCC2)cn1. The summed E-state index contributed by atoms with van der Waals surface area (Å²) in [4.78, 5) is 20.8. The molecule has 1 atom stereocenters. The maximum Gasteiger partial charge on any atom is 0.317 e. The second-order valence-electron chi connectivity index (χ2n) is 6.71. The fourth-order valence-electron chi connectivity index (χ4n) is 3.06. The highest BCUT2D eigenvalue weighted by molar-refractivity contribution is 5.73. The Morgan fingerprint density at radius 3 is 2.74 bits per heavy atom. The van der Waals surface area contributed by atoms with Crippen molar-refractivity contribution in [3.63, 3.8) is 0 Å². The number of aromatic nitrogens is 1. The summed E-state index contributed by atoms with van der Waals surface area (Å²) >= 11 is 0. The maximum absolute atomic E-state index is 12.2. The van der Waals surface area contributed by atoms with Crippen molar-refractivity contribution in [1.82, 2.24) is 20.1 Å². The van der Waals surface area contributed by atoms with Crippen LogP contribution in [0.5, 0.6) is 0 Å². The number of nitrogens with zero attached hydrogens (tertiary/aromatic N) is 3. The number of carbonyl (C=O) groups is 1. The molecule has 1 aliphatic rings. The minimum atomic E-state index is -0.0152. The Bertz CT molecular complexity index is 526. The zero-order valence-electron chi connectivity index (χ0n) is 14.9. The van der Waals surface area contributed by atoms with E-state index in [-0.39, 0.29) is 6.03 Å². The molecular formula is C18H30N4O. The first-order chi connectivity index (χ1) is 11.0. The summed E-state index contributed by atoms with van der Waals surface area (Å²) in [6, 6.07) is 2.58. The largest absolute Gasteiger partial charge is 0.334 e. The number of likely N-dealkylation sites (tertiary alicyclic amines) is 1. The van der Waals surface area contributed by atoms with Crippen LogP contribution in [-0.2, 0) is 6.54 Å². The van der Waals surface area contributed by atoms with E-state index in [1.807, 2.05) is 26.2 Å². The first-order valence-electron chi connectivity index (χ1n) is 8.62. The number of urea groups is 1. The van der Waals surface area contributed by atoms with Crippen LogP contribution in [0.1, 0.15) is 43.0 Å². The number of amides is 2. The Morgan fingerprint density at radius 1 is 1.39 bits per heavy atom. The minimum Gasteiger partial charge on any atom is -0.334 e. The molecule has 5 nitrogen and oxygen atoms in total. The van der Waals surface area contributed by atoms with Crippen molar-refractivity contribution in [2.75, 3.05) is 26.7 Å². The number of hydrogen-bond donors (Lipinski definition) is 1. The summed E-state index contributed by atoms with van der Waals surface area (Å²) in [5.41, 5.74) is 3.25. The predicted octanol–water partition coefficient (Wildman–Crippen LogP) is 2.71. The van der Waals surface area contributed by atoms with E-state index in [2.05, 4.69) is 29.0 Å². The van der Waals surface area contributed by atoms with E-state index in [9.17, 15) is 4.79 Å². The van der Waals surface area contributed by atoms with Crippen LogP contribution < -0.4 is 5.32 Å². The zero-order valence-corrected chi connectivity index (χ0v) is 14.9. The topological polar surface area (TPSA) is 48.5 Å². The summed E-state index contributed by atoms with van der Waals surface area (Å²) in [7, 11) is 1.87. The number of nitrogens with one attached hydrogen (secondary N) is 1. The van der Waals surface area contributed by atoms with Gasteiger partial charge in [0.25, 0.3) is 0 Å². The lowest BCUT2D eigenvalue weighted by atomic mass is 10.1. The van der Waals surface area contributed by atoms with Crippen LogP contribution in [0.2, 0.25) is 0 Å². The van der Waals surface area contributed by atoms with Gasteiger partial charge in [0.05, 0.1) is 0 Å². The monoisotopic (exact) mass is 318 g/mol. The van der Waals surface area contributed by atoms with Crippen LogP contribution in [0, 0.1) is 13.8 Å². The first-order valence-corrected chi connectivity index (χ1v) is 8.62. The molecule has 1 fully saturated rings. The molecule has 2 heterocycles. The fourth-order valence-corrected chi connectivity index (χ4v) is 3.06. The number of carbonyl (C=O) groups excluding carboxylic acids is 1. The Hall–Kier alpha value is -1.62. The summed E-state index contributed by atoms with van der Waals surface area (Å²) in [6.07, 6.45) is 5.49. The van der Waals surface area contributed by atoms with Gasteiger partial charge in [0.1, 0.15) is 0 Å². The summed E-state index contributed by atoms with van der Waals surface area (Å²) < 4.78 is 0. The van der Waals surface area contributed by atoms with Crippen LogP contribution in [0.15, 0.2) is 12.3 Å². The highest BCUT2D eigenvalue weighted by Gasteiger charge is 2.19. The van der Waals surface area contributed by atoms with Crippen LogP contribution in [0.3, 0.4) is 0 Å². The lowest BCUT2D eigenvalue weighted by molar-refractivity contribution is 0.194. The van der Waals surface area contributed by atoms with E-state index >= 15 is 0 Å². The van der Waals surface area contributed by atoms with Gasteiger partial charge < -0.3 is 15.1 Å². The third-order valence-corrected chi connectivity index (χ3v) is 4.78. The molecule has 1 aromatic rings. The van der Waals surface area contributed by atoms with E-state index in [0.717, 1.165) is 24.2 Å². The number of hydrogen-bond acceptors (Lipinski definition) is 3. The van der Waals surface area contributed by atoms with Gasteiger partial charge in [-0.25, -0.2) is 4.79 Å². The molecular weight excluding hydrogens is 288 g/mol. The fraction of sp³-hybridized carbons (Fsp3) is 0.667. The van der Waals surface area contributed by atoms with E-state index < -0.39 is 0 Å². The second-order valence-corrected chi connectivity index (χ2v) is 6.71. The lowest BCUT2D eigenvalue weighted by Crippen LogP contribution is -2.40. The molecule has 1 aromatic heterocycles. The molecule has 0 spiro atoms. The number of aryl methyl sites for hydroxylation is 2. The molecule has 128 valence electrons. The van der Waals surface area contributed by atoms with Gasteiger partial charge in [-0.15, -0.1) is 0 Å². The van der Waals surface area contributed by atoms with Crippen molar-refractivity contribution in [2.24, 2.45) is 0 Å². The molecule has 0 aromatic carbocycles. The van der Waals surface area contributed by atoms with Gasteiger partial charge in [-0.05, 0) is 70.3 Å². The summed E-state index contributed by atoms with van der Waals surface area (Å²) in [5, 5.41) is 2.99. The van der Waals surface area contributed by atoms with Crippen molar-refractivity contribution in [3.8, 4) is 0 Å². The quantitative estimate of drug-likeness (QED) is 0.877. The molecule has 0 aliphatic carbocycles. The van der Waals surface area contributed by atoms with E-state index in [0.29, 0.717) is 12.6 Å². The standard InChI is InChI=1S/C18H30N4O/c1-14-11-15(2)19-12-17(14)13-20-18(23)21(4)10-7-16(3)22-8-5-6-9-22/h11-12,16H,5-10,13H2,1-4H3,(H,20,23). The average molecular weight is 318 g/mol. The Morgan fingerprint density at radius 2 is 2.09 bits per heavy atom. The molecule has 1 unspecified atom stereocenters. The van der Waals surface area contributed by atoms with Gasteiger partial charge in [0.15, 0.2) is 0 Å². The van der Waals surface area contributed by atoms with Gasteiger partial charge in [-0.1, -0.05) is 0 Å². The zero-order chi connectivity index (χ0) is 16.8. The molecule has 0 bridgehead atoms. The van der Waals surface area contributed by atoms with Gasteiger partial charge >= 0.3 is 6.03 Å². The molecule has 2 amide bonds. The lowest BCUT2D eigenvalue weighted by Gasteiger charge is -2.26. The molecule has 0 saturated carbocycles. The van der Waals surface area contributed by atoms with E-state index in [1.165, 1.54) is 31.5 Å². The van der Waals surface area contributed by atoms with Crippen molar-refractivity contribution < 1.29 is 4.79 Å². The highest BCUT2D eigenvalue weighted by Crippen LogP contribution is 2.14. The summed E-state index contributed by atoms with van der Waals surface area (Å²) in [5.74, 6) is 0. The van der Waals surface area contributed by atoms with E-state index in [4.69, 9.17) is 0 Å². The van der Waals surface area contributed by atoms with E-state index in [1.54, 1.807) is 4.90 Å². The van der Waals surface area contributed by atoms with Crippen molar-refractivity contribution in [2.45, 2.75) is 52.6 Å². The Kier molecular flexibility index (Phi) is 6.39. The van der Waals surface area contributed by atoms with Crippen molar-refractivity contribution in [1.29, 1.82) is 0 Å². The van der Waals surface area contributed by atoms with Gasteiger partial charge in [-0.3, -0.25) is 4.98 Å². The Balaban J connectivity index is 1.73. The predicted molar refractivity (Wildman–Crippen MR) is 93.5 cm³/mol. The van der Waals surface area contributed by atoms with Gasteiger partial charge in [0.2, 0.25) is 0 Å². The molecule has 1 aliphatic heterocycles. The van der Waals surface area contributed by atoms with Crippen molar-refractivity contribution >= 4 is 6.03 Å². The number of pyridine rings is 1. The highest BCUT2D eigenvalue weighted by atomic mass is 16.2. The molecule has 1 saturated heterocycles. The molecule has 2 rings (SSSR count). The van der Waals surface area contributed by atoms with Crippen LogP contribution in [0.25, 0.3) is 0 Å². The van der Waals surface area contributed by atoms with Gasteiger partial charge in [0, 0.05) is 38.1 Å². The smallest absolute Gasteiger partial charge is 0.317 e. The van der Waals surface area contributed by atoms with Crippen molar-refractivity contribution in [3.05, 3.63) is 29.1 Å².